The number of hydrogen-bond donors (Lipinski definition) is 2. The van der Waals surface area contributed by atoms with Crippen molar-refractivity contribution < 1.29 is 24.5 Å². The molecule has 21 heavy (non-hydrogen) atoms. The van der Waals surface area contributed by atoms with Crippen molar-refractivity contribution in [3.05, 3.63) is 29.8 Å². The maximum Gasteiger partial charge on any atom is 0.341 e. The van der Waals surface area contributed by atoms with Crippen LogP contribution < -0.4 is 4.74 Å². The number of carbonyl (C=O) groups is 2. The maximum atomic E-state index is 10.4. The molecule has 1 aromatic carbocycles. The molecule has 0 fully saturated rings. The molecule has 1 rings (SSSR count). The summed E-state index contributed by atoms with van der Waals surface area (Å²) in [6.45, 7) is -0.326. The largest absolute Gasteiger partial charge is 0.482 e. The molecule has 0 bridgehead atoms. The molecule has 2 N–H and O–H groups in total. The van der Waals surface area contributed by atoms with Crippen LogP contribution in [-0.4, -0.2) is 28.8 Å². The van der Waals surface area contributed by atoms with Crippen molar-refractivity contribution in [2.45, 2.75) is 44.9 Å². The number of aryl methyl sites for hydroxylation is 1. The molecule has 0 saturated carbocycles. The van der Waals surface area contributed by atoms with E-state index in [0.29, 0.717) is 5.75 Å². The molecule has 0 heterocycles. The Labute approximate surface area is 124 Å². The third kappa shape index (κ3) is 8.68. The number of carboxylic acids is 2. The average Bonchev–Trinajstić information content (AvgIpc) is 2.44. The van der Waals surface area contributed by atoms with Gasteiger partial charge in [0.25, 0.3) is 0 Å². The van der Waals surface area contributed by atoms with Gasteiger partial charge in [-0.1, -0.05) is 31.4 Å². The molecule has 0 saturated heterocycles. The normalized spacial score (nSPS) is 10.3. The van der Waals surface area contributed by atoms with Gasteiger partial charge in [0.2, 0.25) is 0 Å². The van der Waals surface area contributed by atoms with E-state index < -0.39 is 11.9 Å². The fraction of sp³-hybridized carbons (Fsp3) is 0.500. The summed E-state index contributed by atoms with van der Waals surface area (Å²) in [5.74, 6) is -1.13. The monoisotopic (exact) mass is 294 g/mol. The van der Waals surface area contributed by atoms with Crippen LogP contribution in [0.1, 0.15) is 44.1 Å². The molecular formula is C16H22O5. The first-order valence-corrected chi connectivity index (χ1v) is 7.23. The minimum atomic E-state index is -0.984. The molecule has 0 aromatic heterocycles. The summed E-state index contributed by atoms with van der Waals surface area (Å²) in [6.07, 6.45) is 6.02. The van der Waals surface area contributed by atoms with Gasteiger partial charge in [0.15, 0.2) is 6.61 Å². The van der Waals surface area contributed by atoms with E-state index >= 15 is 0 Å². The number of rotatable bonds is 11. The van der Waals surface area contributed by atoms with Crippen LogP contribution in [0.15, 0.2) is 24.3 Å². The first kappa shape index (κ1) is 17.0. The number of unbranched alkanes of at least 4 members (excludes halogenated alkanes) is 4. The second-order valence-electron chi connectivity index (χ2n) is 4.99. The molecule has 0 unspecified atom stereocenters. The fourth-order valence-electron chi connectivity index (χ4n) is 2.07. The van der Waals surface area contributed by atoms with Gasteiger partial charge in [-0.2, -0.15) is 0 Å². The van der Waals surface area contributed by atoms with E-state index in [2.05, 4.69) is 0 Å². The van der Waals surface area contributed by atoms with Crippen LogP contribution in [0.3, 0.4) is 0 Å². The van der Waals surface area contributed by atoms with Gasteiger partial charge in [0, 0.05) is 6.42 Å². The zero-order valence-electron chi connectivity index (χ0n) is 12.1. The van der Waals surface area contributed by atoms with Crippen molar-refractivity contribution in [1.82, 2.24) is 0 Å². The molecule has 1 aromatic rings. The Balaban J connectivity index is 2.18. The first-order chi connectivity index (χ1) is 10.1. The van der Waals surface area contributed by atoms with Gasteiger partial charge >= 0.3 is 11.9 Å². The lowest BCUT2D eigenvalue weighted by Gasteiger charge is -2.06. The SMILES string of the molecule is O=C(O)CCCCCCCc1cccc(OCC(=O)O)c1. The van der Waals surface area contributed by atoms with Crippen molar-refractivity contribution in [2.24, 2.45) is 0 Å². The lowest BCUT2D eigenvalue weighted by molar-refractivity contribution is -0.139. The maximum absolute atomic E-state index is 10.4. The summed E-state index contributed by atoms with van der Waals surface area (Å²) in [5.41, 5.74) is 1.13. The Morgan fingerprint density at radius 2 is 1.67 bits per heavy atom. The molecule has 0 radical (unpaired) electrons. The Kier molecular flexibility index (Phi) is 7.94. The third-order valence-electron chi connectivity index (χ3n) is 3.12. The Hall–Kier alpha value is -2.04. The van der Waals surface area contributed by atoms with Gasteiger partial charge in [0.05, 0.1) is 0 Å². The fourth-order valence-corrected chi connectivity index (χ4v) is 2.07. The second-order valence-corrected chi connectivity index (χ2v) is 4.99. The molecule has 0 spiro atoms. The molecule has 0 aliphatic heterocycles. The van der Waals surface area contributed by atoms with Gasteiger partial charge in [-0.25, -0.2) is 4.79 Å². The molecule has 116 valence electrons. The van der Waals surface area contributed by atoms with E-state index in [9.17, 15) is 9.59 Å². The summed E-state index contributed by atoms with van der Waals surface area (Å²) in [7, 11) is 0. The minimum absolute atomic E-state index is 0.253. The lowest BCUT2D eigenvalue weighted by atomic mass is 10.0. The van der Waals surface area contributed by atoms with Crippen molar-refractivity contribution in [3.8, 4) is 5.75 Å². The molecule has 0 aliphatic rings. The van der Waals surface area contributed by atoms with Crippen molar-refractivity contribution >= 4 is 11.9 Å². The third-order valence-corrected chi connectivity index (χ3v) is 3.12. The summed E-state index contributed by atoms with van der Waals surface area (Å²) < 4.78 is 5.13. The molecular weight excluding hydrogens is 272 g/mol. The zero-order chi connectivity index (χ0) is 15.5. The Bertz CT molecular complexity index is 456. The average molecular weight is 294 g/mol. The van der Waals surface area contributed by atoms with E-state index in [1.165, 1.54) is 0 Å². The van der Waals surface area contributed by atoms with Crippen LogP contribution in [0.25, 0.3) is 0 Å². The highest BCUT2D eigenvalue weighted by Gasteiger charge is 2.01. The topological polar surface area (TPSA) is 83.8 Å². The first-order valence-electron chi connectivity index (χ1n) is 7.23. The van der Waals surface area contributed by atoms with Crippen molar-refractivity contribution in [1.29, 1.82) is 0 Å². The van der Waals surface area contributed by atoms with Crippen LogP contribution in [0.4, 0.5) is 0 Å². The van der Waals surface area contributed by atoms with Crippen LogP contribution in [-0.2, 0) is 16.0 Å². The highest BCUT2D eigenvalue weighted by Crippen LogP contribution is 2.16. The molecule has 5 nitrogen and oxygen atoms in total. The van der Waals surface area contributed by atoms with Crippen LogP contribution in [0, 0.1) is 0 Å². The van der Waals surface area contributed by atoms with E-state index in [1.54, 1.807) is 6.07 Å². The van der Waals surface area contributed by atoms with Crippen molar-refractivity contribution in [2.75, 3.05) is 6.61 Å². The van der Waals surface area contributed by atoms with Gasteiger partial charge in [-0.05, 0) is 37.0 Å². The van der Waals surface area contributed by atoms with Crippen LogP contribution in [0.2, 0.25) is 0 Å². The van der Waals surface area contributed by atoms with Crippen LogP contribution in [0.5, 0.6) is 5.75 Å². The highest BCUT2D eigenvalue weighted by atomic mass is 16.5. The quantitative estimate of drug-likeness (QED) is 0.613. The minimum Gasteiger partial charge on any atom is -0.482 e. The zero-order valence-corrected chi connectivity index (χ0v) is 12.1. The van der Waals surface area contributed by atoms with Gasteiger partial charge in [0.1, 0.15) is 5.75 Å². The molecule has 0 aliphatic carbocycles. The van der Waals surface area contributed by atoms with E-state index in [4.69, 9.17) is 14.9 Å². The van der Waals surface area contributed by atoms with Crippen molar-refractivity contribution in [3.63, 3.8) is 0 Å². The molecule has 0 atom stereocenters. The molecule has 0 amide bonds. The number of carboxylic acid groups (broad SMARTS) is 2. The van der Waals surface area contributed by atoms with E-state index in [-0.39, 0.29) is 13.0 Å². The second kappa shape index (κ2) is 9.80. The van der Waals surface area contributed by atoms with Gasteiger partial charge in [-0.3, -0.25) is 4.79 Å². The highest BCUT2D eigenvalue weighted by molar-refractivity contribution is 5.68. The lowest BCUT2D eigenvalue weighted by Crippen LogP contribution is -2.09. The summed E-state index contributed by atoms with van der Waals surface area (Å²) in [4.78, 5) is 20.8. The number of benzene rings is 1. The number of aliphatic carboxylic acids is 2. The summed E-state index contributed by atoms with van der Waals surface area (Å²) in [6, 6.07) is 7.48. The van der Waals surface area contributed by atoms with Gasteiger partial charge in [-0.15, -0.1) is 0 Å². The van der Waals surface area contributed by atoms with Gasteiger partial charge < -0.3 is 14.9 Å². The van der Waals surface area contributed by atoms with Crippen LogP contribution >= 0.6 is 0 Å². The Morgan fingerprint density at radius 1 is 0.952 bits per heavy atom. The molecule has 5 heteroatoms. The smallest absolute Gasteiger partial charge is 0.341 e. The number of ether oxygens (including phenoxy) is 1. The van der Waals surface area contributed by atoms with E-state index in [1.807, 2.05) is 18.2 Å². The van der Waals surface area contributed by atoms with E-state index in [0.717, 1.165) is 44.1 Å². The standard InChI is InChI=1S/C16H22O5/c17-15(18)10-5-3-1-2-4-7-13-8-6-9-14(11-13)21-12-16(19)20/h6,8-9,11H,1-5,7,10,12H2,(H,17,18)(H,19,20). The summed E-state index contributed by atoms with van der Waals surface area (Å²) >= 11 is 0. The predicted molar refractivity (Wildman–Crippen MR) is 78.6 cm³/mol. The predicted octanol–water partition coefficient (Wildman–Crippen LogP) is 3.12. The summed E-state index contributed by atoms with van der Waals surface area (Å²) in [5, 5.41) is 17.1. The Morgan fingerprint density at radius 3 is 2.38 bits per heavy atom. The number of hydrogen-bond acceptors (Lipinski definition) is 3.